The number of thiophene rings is 1. The van der Waals surface area contributed by atoms with Gasteiger partial charge in [-0.05, 0) is 23.9 Å². The molecule has 0 saturated heterocycles. The Bertz CT molecular complexity index is 877. The minimum atomic E-state index is -0.174. The molecule has 0 fully saturated rings. The van der Waals surface area contributed by atoms with Crippen LogP contribution in [0.4, 0.5) is 0 Å². The molecule has 0 bridgehead atoms. The molecule has 2 aromatic heterocycles. The SMILES string of the molecule is COCCCn1c(=C(C#N)C#N)sc(=Cc2cccs2)c1=O. The van der Waals surface area contributed by atoms with E-state index in [0.29, 0.717) is 28.8 Å². The summed E-state index contributed by atoms with van der Waals surface area (Å²) >= 11 is 2.71. The fourth-order valence-corrected chi connectivity index (χ4v) is 3.70. The van der Waals surface area contributed by atoms with Gasteiger partial charge in [0.25, 0.3) is 5.56 Å². The van der Waals surface area contributed by atoms with E-state index in [1.165, 1.54) is 27.2 Å². The van der Waals surface area contributed by atoms with E-state index in [-0.39, 0.29) is 11.1 Å². The van der Waals surface area contributed by atoms with Crippen molar-refractivity contribution < 1.29 is 4.74 Å². The fraction of sp³-hybridized carbons (Fsp3) is 0.267. The maximum Gasteiger partial charge on any atom is 0.269 e. The van der Waals surface area contributed by atoms with Crippen LogP contribution < -0.4 is 14.8 Å². The van der Waals surface area contributed by atoms with Crippen molar-refractivity contribution in [1.82, 2.24) is 4.57 Å². The molecule has 2 aromatic rings. The van der Waals surface area contributed by atoms with E-state index in [1.54, 1.807) is 13.2 Å². The van der Waals surface area contributed by atoms with Crippen LogP contribution >= 0.6 is 22.7 Å². The number of thiazole rings is 1. The van der Waals surface area contributed by atoms with Crippen LogP contribution in [0.15, 0.2) is 22.3 Å². The molecule has 0 radical (unpaired) electrons. The average molecular weight is 331 g/mol. The zero-order valence-electron chi connectivity index (χ0n) is 11.9. The van der Waals surface area contributed by atoms with Crippen LogP contribution in [0.1, 0.15) is 11.3 Å². The molecule has 0 atom stereocenters. The predicted molar refractivity (Wildman–Crippen MR) is 86.8 cm³/mol. The highest BCUT2D eigenvalue weighted by atomic mass is 32.1. The van der Waals surface area contributed by atoms with Crippen LogP contribution in [0.25, 0.3) is 11.6 Å². The molecule has 22 heavy (non-hydrogen) atoms. The molecular weight excluding hydrogens is 318 g/mol. The van der Waals surface area contributed by atoms with Crippen molar-refractivity contribution >= 4 is 34.3 Å². The van der Waals surface area contributed by atoms with E-state index in [2.05, 4.69) is 0 Å². The first-order valence-electron chi connectivity index (χ1n) is 6.49. The van der Waals surface area contributed by atoms with Gasteiger partial charge < -0.3 is 4.74 Å². The molecule has 112 valence electrons. The summed E-state index contributed by atoms with van der Waals surface area (Å²) in [5.74, 6) is 0. The molecule has 0 unspecified atom stereocenters. The Kier molecular flexibility index (Phi) is 5.68. The van der Waals surface area contributed by atoms with Gasteiger partial charge in [-0.2, -0.15) is 10.5 Å². The highest BCUT2D eigenvalue weighted by molar-refractivity contribution is 7.11. The summed E-state index contributed by atoms with van der Waals surface area (Å²) in [4.78, 5) is 13.5. The van der Waals surface area contributed by atoms with Gasteiger partial charge in [-0.3, -0.25) is 9.36 Å². The van der Waals surface area contributed by atoms with Crippen molar-refractivity contribution in [1.29, 1.82) is 10.5 Å². The minimum absolute atomic E-state index is 0.0367. The van der Waals surface area contributed by atoms with E-state index < -0.39 is 0 Å². The molecule has 0 amide bonds. The number of hydrogen-bond acceptors (Lipinski definition) is 6. The van der Waals surface area contributed by atoms with Gasteiger partial charge in [0.1, 0.15) is 16.8 Å². The largest absolute Gasteiger partial charge is 0.385 e. The summed E-state index contributed by atoms with van der Waals surface area (Å²) in [5.41, 5.74) is -0.210. The number of nitriles is 2. The topological polar surface area (TPSA) is 78.8 Å². The molecule has 0 aliphatic heterocycles. The number of rotatable bonds is 5. The second-order valence-electron chi connectivity index (χ2n) is 4.33. The second kappa shape index (κ2) is 7.71. The van der Waals surface area contributed by atoms with Crippen molar-refractivity contribution in [3.63, 3.8) is 0 Å². The Morgan fingerprint density at radius 2 is 2.23 bits per heavy atom. The number of methoxy groups -OCH3 is 1. The fourth-order valence-electron chi connectivity index (χ4n) is 1.90. The average Bonchev–Trinajstić information content (AvgIpc) is 3.13. The molecule has 2 rings (SSSR count). The molecule has 0 aromatic carbocycles. The molecule has 0 saturated carbocycles. The van der Waals surface area contributed by atoms with Gasteiger partial charge >= 0.3 is 0 Å². The minimum Gasteiger partial charge on any atom is -0.385 e. The number of aromatic nitrogens is 1. The Hall–Kier alpha value is -2.19. The van der Waals surface area contributed by atoms with Gasteiger partial charge in [0.15, 0.2) is 5.57 Å². The van der Waals surface area contributed by atoms with Crippen LogP contribution in [0.2, 0.25) is 0 Å². The maximum atomic E-state index is 12.5. The Morgan fingerprint density at radius 1 is 1.45 bits per heavy atom. The maximum absolute atomic E-state index is 12.5. The van der Waals surface area contributed by atoms with Crippen molar-refractivity contribution in [3.8, 4) is 12.1 Å². The third-order valence-corrected chi connectivity index (χ3v) is 4.84. The van der Waals surface area contributed by atoms with Crippen molar-refractivity contribution in [2.45, 2.75) is 13.0 Å². The van der Waals surface area contributed by atoms with Gasteiger partial charge in [-0.15, -0.1) is 22.7 Å². The highest BCUT2D eigenvalue weighted by Crippen LogP contribution is 2.08. The standard InChI is InChI=1S/C15H13N3O2S2/c1-20-6-3-5-18-14(19)13(8-12-4-2-7-21-12)22-15(18)11(9-16)10-17/h2,4,7-8H,3,5-6H2,1H3. The molecule has 5 nitrogen and oxygen atoms in total. The van der Waals surface area contributed by atoms with Gasteiger partial charge in [0.2, 0.25) is 0 Å². The summed E-state index contributed by atoms with van der Waals surface area (Å²) in [5, 5.41) is 20.1. The van der Waals surface area contributed by atoms with E-state index >= 15 is 0 Å². The summed E-state index contributed by atoms with van der Waals surface area (Å²) in [6.07, 6.45) is 2.43. The second-order valence-corrected chi connectivity index (χ2v) is 6.34. The lowest BCUT2D eigenvalue weighted by atomic mass is 10.3. The molecule has 7 heteroatoms. The molecule has 0 aliphatic rings. The summed E-state index contributed by atoms with van der Waals surface area (Å²) in [6, 6.07) is 7.55. The van der Waals surface area contributed by atoms with Crippen LogP contribution in [-0.4, -0.2) is 18.3 Å². The van der Waals surface area contributed by atoms with Crippen LogP contribution in [0.5, 0.6) is 0 Å². The van der Waals surface area contributed by atoms with Crippen LogP contribution in [0, 0.1) is 22.7 Å². The molecule has 0 aliphatic carbocycles. The number of ether oxygens (including phenoxy) is 1. The normalized spacial score (nSPS) is 11.1. The zero-order valence-corrected chi connectivity index (χ0v) is 13.5. The lowest BCUT2D eigenvalue weighted by Crippen LogP contribution is -2.32. The first-order chi connectivity index (χ1) is 10.7. The smallest absolute Gasteiger partial charge is 0.269 e. The number of hydrogen-bond donors (Lipinski definition) is 0. The van der Waals surface area contributed by atoms with Crippen molar-refractivity contribution in [3.05, 3.63) is 41.9 Å². The van der Waals surface area contributed by atoms with Gasteiger partial charge in [0, 0.05) is 25.1 Å². The Balaban J connectivity index is 2.64. The molecule has 0 N–H and O–H groups in total. The first-order valence-corrected chi connectivity index (χ1v) is 8.19. The van der Waals surface area contributed by atoms with E-state index in [4.69, 9.17) is 15.3 Å². The predicted octanol–water partition coefficient (Wildman–Crippen LogP) is 1.03. The molecule has 0 spiro atoms. The van der Waals surface area contributed by atoms with Gasteiger partial charge in [-0.25, -0.2) is 0 Å². The highest BCUT2D eigenvalue weighted by Gasteiger charge is 2.09. The van der Waals surface area contributed by atoms with Crippen molar-refractivity contribution in [2.24, 2.45) is 0 Å². The third kappa shape index (κ3) is 3.52. The van der Waals surface area contributed by atoms with Gasteiger partial charge in [-0.1, -0.05) is 6.07 Å². The van der Waals surface area contributed by atoms with E-state index in [0.717, 1.165) is 4.88 Å². The van der Waals surface area contributed by atoms with Crippen LogP contribution in [-0.2, 0) is 11.3 Å². The molecular formula is C15H13N3O2S2. The monoisotopic (exact) mass is 331 g/mol. The quantitative estimate of drug-likeness (QED) is 0.767. The first kappa shape index (κ1) is 16.2. The lowest BCUT2D eigenvalue weighted by Gasteiger charge is -2.01. The molecule has 2 heterocycles. The summed E-state index contributed by atoms with van der Waals surface area (Å²) in [7, 11) is 1.59. The van der Waals surface area contributed by atoms with Crippen LogP contribution in [0.3, 0.4) is 0 Å². The lowest BCUT2D eigenvalue weighted by molar-refractivity contribution is 0.190. The van der Waals surface area contributed by atoms with Crippen molar-refractivity contribution in [2.75, 3.05) is 13.7 Å². The number of nitrogens with zero attached hydrogens (tertiary/aromatic N) is 3. The summed E-state index contributed by atoms with van der Waals surface area (Å²) < 4.78 is 7.42. The van der Waals surface area contributed by atoms with Gasteiger partial charge in [0.05, 0.1) is 4.53 Å². The third-order valence-electron chi connectivity index (χ3n) is 2.89. The Morgan fingerprint density at radius 3 is 2.82 bits per heavy atom. The van der Waals surface area contributed by atoms with E-state index in [1.807, 2.05) is 29.7 Å². The zero-order chi connectivity index (χ0) is 15.9. The summed E-state index contributed by atoms with van der Waals surface area (Å²) in [6.45, 7) is 0.934. The van der Waals surface area contributed by atoms with E-state index in [9.17, 15) is 4.79 Å². The Labute approximate surface area is 135 Å².